The Morgan fingerprint density at radius 3 is 2.75 bits per heavy atom. The van der Waals surface area contributed by atoms with Crippen molar-refractivity contribution in [2.75, 3.05) is 7.05 Å². The Labute approximate surface area is 144 Å². The van der Waals surface area contributed by atoms with E-state index in [1.807, 2.05) is 0 Å². The number of carbonyl (C=O) groups is 1. The highest BCUT2D eigenvalue weighted by Gasteiger charge is 2.48. The first-order chi connectivity index (χ1) is 11.6. The van der Waals surface area contributed by atoms with Crippen LogP contribution in [0.25, 0.3) is 10.9 Å². The molecule has 0 N–H and O–H groups in total. The molecule has 0 unspecified atom stereocenters. The Bertz CT molecular complexity index is 777. The van der Waals surface area contributed by atoms with Gasteiger partial charge in [-0.25, -0.2) is 0 Å². The minimum absolute atomic E-state index is 0.160. The maximum absolute atomic E-state index is 12.0. The number of hydrogen-bond acceptors (Lipinski definition) is 2. The Hall–Kier alpha value is -1.61. The summed E-state index contributed by atoms with van der Waals surface area (Å²) < 4.78 is 2.40. The molecule has 1 fully saturated rings. The fraction of sp³-hybridized carbons (Fsp3) is 0.571. The lowest BCUT2D eigenvalue weighted by Gasteiger charge is -2.51. The second kappa shape index (κ2) is 5.73. The van der Waals surface area contributed by atoms with Crippen molar-refractivity contribution >= 4 is 17.2 Å². The summed E-state index contributed by atoms with van der Waals surface area (Å²) in [5.41, 5.74) is 4.29. The third-order valence-corrected chi connectivity index (χ3v) is 6.97. The molecule has 0 spiro atoms. The highest BCUT2D eigenvalue weighted by atomic mass is 16.1. The molecule has 0 amide bonds. The number of carbonyl (C=O) groups excluding carboxylic acids is 1. The van der Waals surface area contributed by atoms with E-state index in [2.05, 4.69) is 61.7 Å². The molecule has 3 heteroatoms. The van der Waals surface area contributed by atoms with Crippen molar-refractivity contribution < 1.29 is 4.79 Å². The zero-order valence-corrected chi connectivity index (χ0v) is 15.2. The van der Waals surface area contributed by atoms with Crippen molar-refractivity contribution in [2.24, 2.45) is 24.8 Å². The number of hydrogen-bond donors (Lipinski definition) is 0. The van der Waals surface area contributed by atoms with Crippen molar-refractivity contribution in [1.82, 2.24) is 9.47 Å². The summed E-state index contributed by atoms with van der Waals surface area (Å²) in [6.45, 7) is 4.58. The van der Waals surface area contributed by atoms with Gasteiger partial charge in [0.1, 0.15) is 6.29 Å². The third kappa shape index (κ3) is 2.03. The van der Waals surface area contributed by atoms with E-state index in [0.29, 0.717) is 23.9 Å². The minimum atomic E-state index is 0.160. The van der Waals surface area contributed by atoms with Crippen LogP contribution in [0.3, 0.4) is 0 Å². The van der Waals surface area contributed by atoms with Gasteiger partial charge < -0.3 is 9.36 Å². The van der Waals surface area contributed by atoms with Gasteiger partial charge in [-0.3, -0.25) is 4.90 Å². The number of fused-ring (bicyclic) bond motifs is 6. The van der Waals surface area contributed by atoms with Crippen molar-refractivity contribution in [3.8, 4) is 0 Å². The van der Waals surface area contributed by atoms with Gasteiger partial charge in [0.15, 0.2) is 0 Å². The Morgan fingerprint density at radius 2 is 2.04 bits per heavy atom. The molecular weight excluding hydrogens is 296 g/mol. The molecule has 2 aliphatic rings. The monoisotopic (exact) mass is 324 g/mol. The van der Waals surface area contributed by atoms with E-state index >= 15 is 0 Å². The van der Waals surface area contributed by atoms with Crippen LogP contribution in [0.4, 0.5) is 0 Å². The van der Waals surface area contributed by atoms with Crippen molar-refractivity contribution in [3.05, 3.63) is 35.5 Å². The van der Waals surface area contributed by atoms with Gasteiger partial charge in [0.2, 0.25) is 0 Å². The first-order valence-electron chi connectivity index (χ1n) is 9.31. The zero-order chi connectivity index (χ0) is 17.0. The summed E-state index contributed by atoms with van der Waals surface area (Å²) in [5, 5.41) is 1.38. The summed E-state index contributed by atoms with van der Waals surface area (Å²) in [4.78, 5) is 14.5. The topological polar surface area (TPSA) is 25.2 Å². The first-order valence-corrected chi connectivity index (χ1v) is 9.31. The zero-order valence-electron chi connectivity index (χ0n) is 15.2. The van der Waals surface area contributed by atoms with Crippen LogP contribution in [0.5, 0.6) is 0 Å². The predicted octanol–water partition coefficient (Wildman–Crippen LogP) is 3.96. The second-order valence-electron chi connectivity index (χ2n) is 7.89. The average molecular weight is 324 g/mol. The van der Waals surface area contributed by atoms with Crippen molar-refractivity contribution in [2.45, 2.75) is 45.2 Å². The van der Waals surface area contributed by atoms with E-state index in [0.717, 1.165) is 19.3 Å². The molecule has 4 rings (SSSR count). The maximum atomic E-state index is 12.0. The van der Waals surface area contributed by atoms with Crippen LogP contribution in [-0.4, -0.2) is 28.8 Å². The standard InChI is InChI=1S/C21H28N2O/c1-5-13(2)15-10-20-21-16(11-19(22(20)3)17(15)12-24)14-8-6-7-9-18(14)23(21)4/h6-9,12-13,15,17,19-20H,5,10-11H2,1-4H3/t13-,15-,17-,19-,20-/m0/s1. The van der Waals surface area contributed by atoms with E-state index in [4.69, 9.17) is 0 Å². The molecule has 2 aliphatic heterocycles. The van der Waals surface area contributed by atoms with Crippen LogP contribution in [-0.2, 0) is 18.3 Å². The van der Waals surface area contributed by atoms with E-state index < -0.39 is 0 Å². The van der Waals surface area contributed by atoms with Gasteiger partial charge in [-0.1, -0.05) is 38.5 Å². The van der Waals surface area contributed by atoms with Gasteiger partial charge in [-0.15, -0.1) is 0 Å². The van der Waals surface area contributed by atoms with Gasteiger partial charge >= 0.3 is 0 Å². The number of aldehydes is 1. The molecule has 24 heavy (non-hydrogen) atoms. The number of aryl methyl sites for hydroxylation is 1. The second-order valence-corrected chi connectivity index (χ2v) is 7.89. The van der Waals surface area contributed by atoms with E-state index in [1.54, 1.807) is 0 Å². The van der Waals surface area contributed by atoms with Gasteiger partial charge in [0, 0.05) is 35.6 Å². The molecule has 3 heterocycles. The first kappa shape index (κ1) is 15.9. The molecule has 1 saturated heterocycles. The Balaban J connectivity index is 1.88. The number of para-hydroxylation sites is 1. The smallest absolute Gasteiger partial charge is 0.124 e. The van der Waals surface area contributed by atoms with Crippen LogP contribution in [0, 0.1) is 17.8 Å². The fourth-order valence-electron chi connectivity index (χ4n) is 5.40. The average Bonchev–Trinajstić information content (AvgIpc) is 2.87. The predicted molar refractivity (Wildman–Crippen MR) is 98.0 cm³/mol. The molecule has 0 radical (unpaired) electrons. The number of aromatic nitrogens is 1. The van der Waals surface area contributed by atoms with Crippen LogP contribution >= 0.6 is 0 Å². The number of likely N-dealkylation sites (N-methyl/N-ethyl adjacent to an activating group) is 1. The summed E-state index contributed by atoms with van der Waals surface area (Å²) in [6.07, 6.45) is 4.51. The van der Waals surface area contributed by atoms with E-state index in [9.17, 15) is 4.79 Å². The van der Waals surface area contributed by atoms with Crippen LogP contribution < -0.4 is 0 Å². The molecular formula is C21H28N2O. The molecule has 0 saturated carbocycles. The molecule has 0 aliphatic carbocycles. The van der Waals surface area contributed by atoms with Gasteiger partial charge in [-0.2, -0.15) is 0 Å². The van der Waals surface area contributed by atoms with Gasteiger partial charge in [0.25, 0.3) is 0 Å². The molecule has 1 aromatic carbocycles. The van der Waals surface area contributed by atoms with Gasteiger partial charge in [-0.05, 0) is 43.4 Å². The molecule has 2 aromatic rings. The molecule has 5 atom stereocenters. The highest BCUT2D eigenvalue weighted by molar-refractivity contribution is 5.86. The Morgan fingerprint density at radius 1 is 1.29 bits per heavy atom. The number of rotatable bonds is 3. The normalized spacial score (nSPS) is 31.0. The molecule has 2 bridgehead atoms. The molecule has 3 nitrogen and oxygen atoms in total. The van der Waals surface area contributed by atoms with Crippen LogP contribution in [0.15, 0.2) is 24.3 Å². The van der Waals surface area contributed by atoms with Crippen molar-refractivity contribution in [1.29, 1.82) is 0 Å². The summed E-state index contributed by atoms with van der Waals surface area (Å²) >= 11 is 0. The number of benzene rings is 1. The summed E-state index contributed by atoms with van der Waals surface area (Å²) in [7, 11) is 4.43. The quantitative estimate of drug-likeness (QED) is 0.799. The van der Waals surface area contributed by atoms with Crippen LogP contribution in [0.2, 0.25) is 0 Å². The lowest BCUT2D eigenvalue weighted by atomic mass is 9.66. The molecule has 1 aromatic heterocycles. The van der Waals surface area contributed by atoms with Crippen LogP contribution in [0.1, 0.15) is 44.0 Å². The molecule has 128 valence electrons. The maximum Gasteiger partial charge on any atom is 0.124 e. The summed E-state index contributed by atoms with van der Waals surface area (Å²) in [6, 6.07) is 9.51. The highest BCUT2D eigenvalue weighted by Crippen LogP contribution is 2.49. The Kier molecular flexibility index (Phi) is 3.80. The van der Waals surface area contributed by atoms with E-state index in [-0.39, 0.29) is 5.92 Å². The number of nitrogens with zero attached hydrogens (tertiary/aromatic N) is 2. The lowest BCUT2D eigenvalue weighted by molar-refractivity contribution is -0.120. The summed E-state index contributed by atoms with van der Waals surface area (Å²) in [5.74, 6) is 1.27. The number of piperidine rings is 1. The third-order valence-electron chi connectivity index (χ3n) is 6.97. The van der Waals surface area contributed by atoms with Crippen molar-refractivity contribution in [3.63, 3.8) is 0 Å². The minimum Gasteiger partial charge on any atom is -0.346 e. The van der Waals surface area contributed by atoms with Gasteiger partial charge in [0.05, 0.1) is 6.04 Å². The van der Waals surface area contributed by atoms with E-state index in [1.165, 1.54) is 28.4 Å². The SMILES string of the molecule is CC[C@H](C)[C@@H]1C[C@H]2c3c(c4ccccc4n3C)C[C@@H]([C@H]1C=O)N2C. The fourth-order valence-corrected chi connectivity index (χ4v) is 5.40. The lowest BCUT2D eigenvalue weighted by Crippen LogP contribution is -2.54. The largest absolute Gasteiger partial charge is 0.346 e.